The molecule has 6 heteroatoms. The molecule has 0 fully saturated rings. The monoisotopic (exact) mass is 290 g/mol. The van der Waals surface area contributed by atoms with Gasteiger partial charge in [-0.3, -0.25) is 9.59 Å². The lowest BCUT2D eigenvalue weighted by molar-refractivity contribution is -0.136. The molecule has 0 unspecified atom stereocenters. The number of anilines is 1. The molecule has 0 bridgehead atoms. The van der Waals surface area contributed by atoms with Crippen molar-refractivity contribution in [3.63, 3.8) is 0 Å². The van der Waals surface area contributed by atoms with E-state index in [0.29, 0.717) is 6.54 Å². The van der Waals surface area contributed by atoms with Crippen LogP contribution in [0.1, 0.15) is 6.42 Å². The Morgan fingerprint density at radius 1 is 1.29 bits per heavy atom. The van der Waals surface area contributed by atoms with E-state index in [2.05, 4.69) is 0 Å². The molecule has 0 atom stereocenters. The molecule has 2 rings (SSSR count). The van der Waals surface area contributed by atoms with Crippen molar-refractivity contribution in [1.82, 2.24) is 4.57 Å². The van der Waals surface area contributed by atoms with E-state index < -0.39 is 5.97 Å². The molecule has 0 amide bonds. The Morgan fingerprint density at radius 3 is 2.71 bits per heavy atom. The number of aliphatic hydroxyl groups is 1. The zero-order valence-corrected chi connectivity index (χ0v) is 11.8. The first-order valence-corrected chi connectivity index (χ1v) is 6.70. The number of rotatable bonds is 6. The molecular weight excluding hydrogens is 272 g/mol. The lowest BCUT2D eigenvalue weighted by atomic mass is 10.1. The molecule has 21 heavy (non-hydrogen) atoms. The van der Waals surface area contributed by atoms with Crippen LogP contribution >= 0.6 is 0 Å². The van der Waals surface area contributed by atoms with Crippen LogP contribution in [0.15, 0.2) is 35.1 Å². The van der Waals surface area contributed by atoms with Gasteiger partial charge in [0.05, 0.1) is 18.5 Å². The number of fused-ring (bicyclic) bond motifs is 1. The van der Waals surface area contributed by atoms with Gasteiger partial charge in [-0.25, -0.2) is 0 Å². The van der Waals surface area contributed by atoms with Crippen LogP contribution in [0.5, 0.6) is 0 Å². The van der Waals surface area contributed by atoms with Crippen LogP contribution < -0.4 is 10.5 Å². The number of carboxylic acid groups (broad SMARTS) is 1. The van der Waals surface area contributed by atoms with E-state index in [9.17, 15) is 9.59 Å². The summed E-state index contributed by atoms with van der Waals surface area (Å²) in [7, 11) is 1.83. The molecule has 2 aromatic rings. The minimum atomic E-state index is -0.834. The van der Waals surface area contributed by atoms with Gasteiger partial charge in [0.2, 0.25) is 0 Å². The number of hydrogen-bond acceptors (Lipinski definition) is 4. The van der Waals surface area contributed by atoms with Crippen LogP contribution in [0.25, 0.3) is 10.9 Å². The molecule has 112 valence electrons. The van der Waals surface area contributed by atoms with Gasteiger partial charge in [-0.05, 0) is 24.3 Å². The molecule has 0 saturated heterocycles. The molecule has 2 N–H and O–H groups in total. The summed E-state index contributed by atoms with van der Waals surface area (Å²) in [6.45, 7) is 0.570. The molecule has 1 heterocycles. The quantitative estimate of drug-likeness (QED) is 0.826. The first kappa shape index (κ1) is 15.1. The number of aliphatic hydroxyl groups excluding tert-OH is 1. The van der Waals surface area contributed by atoms with E-state index >= 15 is 0 Å². The van der Waals surface area contributed by atoms with Crippen LogP contribution in [0.2, 0.25) is 0 Å². The summed E-state index contributed by atoms with van der Waals surface area (Å²) in [5.74, 6) is -0.834. The molecule has 0 aliphatic rings. The highest BCUT2D eigenvalue weighted by Crippen LogP contribution is 2.20. The van der Waals surface area contributed by atoms with E-state index in [-0.39, 0.29) is 25.1 Å². The molecule has 1 aromatic heterocycles. The van der Waals surface area contributed by atoms with Crippen LogP contribution in [0.4, 0.5) is 5.69 Å². The highest BCUT2D eigenvalue weighted by atomic mass is 16.4. The van der Waals surface area contributed by atoms with Crippen LogP contribution in [0, 0.1) is 0 Å². The van der Waals surface area contributed by atoms with Crippen molar-refractivity contribution >= 4 is 22.6 Å². The predicted molar refractivity (Wildman–Crippen MR) is 80.8 cm³/mol. The lowest BCUT2D eigenvalue weighted by Crippen LogP contribution is -2.22. The largest absolute Gasteiger partial charge is 0.481 e. The van der Waals surface area contributed by atoms with Crippen LogP contribution in [-0.2, 0) is 11.3 Å². The number of hydrogen-bond donors (Lipinski definition) is 2. The molecular formula is C15H18N2O4. The van der Waals surface area contributed by atoms with Crippen molar-refractivity contribution in [1.29, 1.82) is 0 Å². The van der Waals surface area contributed by atoms with E-state index in [1.54, 1.807) is 6.07 Å². The van der Waals surface area contributed by atoms with Gasteiger partial charge in [0.25, 0.3) is 5.56 Å². The van der Waals surface area contributed by atoms with Gasteiger partial charge < -0.3 is 19.7 Å². The Balaban J connectivity index is 2.36. The van der Waals surface area contributed by atoms with Crippen molar-refractivity contribution in [3.8, 4) is 0 Å². The Labute approximate surface area is 121 Å². The molecule has 0 saturated carbocycles. The van der Waals surface area contributed by atoms with E-state index in [1.165, 1.54) is 10.6 Å². The summed E-state index contributed by atoms with van der Waals surface area (Å²) in [6.07, 6.45) is 0.0680. The SMILES string of the molecule is CN(CCC(=O)O)c1ccc2c(ccc(=O)n2CCO)c1. The van der Waals surface area contributed by atoms with Gasteiger partial charge in [0.15, 0.2) is 0 Å². The minimum absolute atomic E-state index is 0.0680. The zero-order chi connectivity index (χ0) is 15.4. The number of aliphatic carboxylic acids is 1. The summed E-state index contributed by atoms with van der Waals surface area (Å²) >= 11 is 0. The number of aromatic nitrogens is 1. The van der Waals surface area contributed by atoms with Gasteiger partial charge in [-0.15, -0.1) is 0 Å². The number of nitrogens with zero attached hydrogens (tertiary/aromatic N) is 2. The van der Waals surface area contributed by atoms with E-state index in [0.717, 1.165) is 16.6 Å². The summed E-state index contributed by atoms with van der Waals surface area (Å²) in [5.41, 5.74) is 1.49. The average Bonchev–Trinajstić information content (AvgIpc) is 2.47. The van der Waals surface area contributed by atoms with Crippen molar-refractivity contribution in [2.24, 2.45) is 0 Å². The summed E-state index contributed by atoms with van der Waals surface area (Å²) in [6, 6.07) is 8.78. The maximum absolute atomic E-state index is 11.8. The average molecular weight is 290 g/mol. The van der Waals surface area contributed by atoms with Gasteiger partial charge in [0, 0.05) is 37.3 Å². The van der Waals surface area contributed by atoms with Gasteiger partial charge in [-0.2, -0.15) is 0 Å². The lowest BCUT2D eigenvalue weighted by Gasteiger charge is -2.19. The molecule has 6 nitrogen and oxygen atoms in total. The van der Waals surface area contributed by atoms with Gasteiger partial charge in [0.1, 0.15) is 0 Å². The van der Waals surface area contributed by atoms with Gasteiger partial charge >= 0.3 is 5.97 Å². The maximum Gasteiger partial charge on any atom is 0.305 e. The first-order valence-electron chi connectivity index (χ1n) is 6.70. The maximum atomic E-state index is 11.8. The van der Waals surface area contributed by atoms with Crippen LogP contribution in [0.3, 0.4) is 0 Å². The smallest absolute Gasteiger partial charge is 0.305 e. The molecule has 0 spiro atoms. The summed E-state index contributed by atoms with van der Waals surface area (Å²) in [5, 5.41) is 18.6. The van der Waals surface area contributed by atoms with E-state index in [1.807, 2.05) is 30.1 Å². The number of pyridine rings is 1. The third-order valence-corrected chi connectivity index (χ3v) is 3.40. The Bertz CT molecular complexity index is 708. The van der Waals surface area contributed by atoms with E-state index in [4.69, 9.17) is 10.2 Å². The first-order chi connectivity index (χ1) is 10.0. The predicted octanol–water partition coefficient (Wildman–Crippen LogP) is 0.905. The van der Waals surface area contributed by atoms with Gasteiger partial charge in [-0.1, -0.05) is 0 Å². The van der Waals surface area contributed by atoms with Crippen molar-refractivity contribution in [2.75, 3.05) is 25.1 Å². The summed E-state index contributed by atoms with van der Waals surface area (Å²) in [4.78, 5) is 24.3. The number of carbonyl (C=O) groups is 1. The Morgan fingerprint density at radius 2 is 2.05 bits per heavy atom. The number of carboxylic acids is 1. The second kappa shape index (κ2) is 6.41. The second-order valence-corrected chi connectivity index (χ2v) is 4.86. The summed E-state index contributed by atoms with van der Waals surface area (Å²) < 4.78 is 1.52. The molecule has 0 aliphatic carbocycles. The minimum Gasteiger partial charge on any atom is -0.481 e. The Kier molecular flexibility index (Phi) is 4.59. The zero-order valence-electron chi connectivity index (χ0n) is 11.8. The number of benzene rings is 1. The highest BCUT2D eigenvalue weighted by Gasteiger charge is 2.07. The van der Waals surface area contributed by atoms with Crippen molar-refractivity contribution < 1.29 is 15.0 Å². The highest BCUT2D eigenvalue weighted by molar-refractivity contribution is 5.83. The second-order valence-electron chi connectivity index (χ2n) is 4.86. The topological polar surface area (TPSA) is 82.8 Å². The molecule has 0 aliphatic heterocycles. The van der Waals surface area contributed by atoms with Crippen molar-refractivity contribution in [2.45, 2.75) is 13.0 Å². The third-order valence-electron chi connectivity index (χ3n) is 3.40. The third kappa shape index (κ3) is 3.41. The fraction of sp³-hybridized carbons (Fsp3) is 0.333. The Hall–Kier alpha value is -2.34. The normalized spacial score (nSPS) is 10.8. The standard InChI is InChI=1S/C15H18N2O4/c1-16(7-6-15(20)21)12-3-4-13-11(10-12)2-5-14(19)17(13)8-9-18/h2-5,10,18H,6-9H2,1H3,(H,20,21). The molecule has 0 radical (unpaired) electrons. The van der Waals surface area contributed by atoms with Crippen molar-refractivity contribution in [3.05, 3.63) is 40.7 Å². The fourth-order valence-corrected chi connectivity index (χ4v) is 2.25. The molecule has 1 aromatic carbocycles. The fourth-order valence-electron chi connectivity index (χ4n) is 2.25. The van der Waals surface area contributed by atoms with Crippen LogP contribution in [-0.4, -0.2) is 40.9 Å².